The monoisotopic (exact) mass is 545 g/mol. The Morgan fingerprint density at radius 3 is 2.32 bits per heavy atom. The zero-order valence-corrected chi connectivity index (χ0v) is 19.0. The number of aromatic amines is 1. The van der Waals surface area contributed by atoms with Crippen molar-refractivity contribution in [3.8, 4) is 0 Å². The second-order valence-electron chi connectivity index (χ2n) is 7.23. The van der Waals surface area contributed by atoms with Crippen molar-refractivity contribution in [2.45, 2.75) is 6.18 Å². The van der Waals surface area contributed by atoms with Crippen LogP contribution in [-0.4, -0.2) is 11.2 Å². The first-order valence-corrected chi connectivity index (χ1v) is 11.0. The van der Waals surface area contributed by atoms with Crippen molar-refractivity contribution in [1.82, 2.24) is 4.98 Å². The molecular weight excluding hydrogens is 533 g/mol. The lowest BCUT2D eigenvalue weighted by Crippen LogP contribution is -2.58. The minimum Gasteiger partial charge on any atom is -0.361 e. The first kappa shape index (κ1) is 20.3. The van der Waals surface area contributed by atoms with E-state index in [2.05, 4.69) is 41.8 Å². The van der Waals surface area contributed by atoms with Gasteiger partial charge >= 0.3 is 6.18 Å². The van der Waals surface area contributed by atoms with Crippen LogP contribution in [-0.2, 0) is 6.18 Å². The number of fused-ring (bicyclic) bond motifs is 2. The molecule has 1 aliphatic rings. The van der Waals surface area contributed by atoms with E-state index in [1.165, 1.54) is 12.1 Å². The Labute approximate surface area is 192 Å². The third-order valence-electron chi connectivity index (χ3n) is 5.33. The van der Waals surface area contributed by atoms with E-state index in [4.69, 9.17) is 0 Å². The molecule has 1 aliphatic heterocycles. The van der Waals surface area contributed by atoms with Crippen LogP contribution in [0, 0.1) is 0 Å². The number of hydrogen-bond acceptors (Lipinski definition) is 0. The molecule has 0 atom stereocenters. The predicted octanol–water partition coefficient (Wildman–Crippen LogP) is 6.47. The highest BCUT2D eigenvalue weighted by molar-refractivity contribution is 9.10. The van der Waals surface area contributed by atoms with Crippen LogP contribution in [0.5, 0.6) is 0 Å². The maximum atomic E-state index is 13.1. The van der Waals surface area contributed by atoms with Crippen LogP contribution in [0.1, 0.15) is 22.3 Å². The van der Waals surface area contributed by atoms with Crippen LogP contribution in [0.2, 0.25) is 0 Å². The zero-order valence-electron chi connectivity index (χ0n) is 15.8. The number of alkyl halides is 3. The van der Waals surface area contributed by atoms with Crippen LogP contribution in [0.15, 0.2) is 75.8 Å². The molecular formula is C24H14Br2F3N2+. The Hall–Kier alpha value is -2.64. The number of allylic oxidation sites excluding steroid dienone is 1. The molecule has 0 saturated heterocycles. The Morgan fingerprint density at radius 1 is 0.871 bits per heavy atom. The lowest BCUT2D eigenvalue weighted by molar-refractivity contribution is -0.342. The molecule has 7 heteroatoms. The maximum absolute atomic E-state index is 13.1. The van der Waals surface area contributed by atoms with Gasteiger partial charge in [-0.3, -0.25) is 0 Å². The summed E-state index contributed by atoms with van der Waals surface area (Å²) in [5.74, 6) is 0. The second kappa shape index (κ2) is 7.50. The molecule has 0 bridgehead atoms. The SMILES string of the molecule is FC(F)(F)c1ccc(C(=C2C=[NH+]c3ccc(Br)cc32)c2c[nH]c3ccc(Br)cc23)cc1. The molecule has 2 N–H and O–H groups in total. The molecule has 154 valence electrons. The van der Waals surface area contributed by atoms with Crippen molar-refractivity contribution in [3.63, 3.8) is 0 Å². The quantitative estimate of drug-likeness (QED) is 0.289. The van der Waals surface area contributed by atoms with E-state index < -0.39 is 11.7 Å². The van der Waals surface area contributed by atoms with E-state index >= 15 is 0 Å². The molecule has 5 rings (SSSR count). The summed E-state index contributed by atoms with van der Waals surface area (Å²) in [5, 5.41) is 0.980. The zero-order chi connectivity index (χ0) is 21.8. The molecule has 1 aromatic heterocycles. The lowest BCUT2D eigenvalue weighted by atomic mass is 9.89. The van der Waals surface area contributed by atoms with Crippen molar-refractivity contribution in [2.24, 2.45) is 0 Å². The van der Waals surface area contributed by atoms with Gasteiger partial charge < -0.3 is 4.98 Å². The lowest BCUT2D eigenvalue weighted by Gasteiger charge is -2.12. The highest BCUT2D eigenvalue weighted by Crippen LogP contribution is 2.40. The Kier molecular flexibility index (Phi) is 4.90. The van der Waals surface area contributed by atoms with Crippen molar-refractivity contribution in [1.29, 1.82) is 0 Å². The van der Waals surface area contributed by atoms with Gasteiger partial charge in [-0.05, 0) is 48.0 Å². The van der Waals surface area contributed by atoms with Gasteiger partial charge in [-0.1, -0.05) is 44.0 Å². The number of halogens is 5. The largest absolute Gasteiger partial charge is 0.416 e. The standard InChI is InChI=1S/C24H13Br2F3N2/c25-15-5-7-21-17(9-15)19(11-30-21)23(13-1-3-14(4-2-13)24(27,28)29)20-12-31-22-8-6-16(26)10-18(20)22/h1-12,30H/p+1. The fourth-order valence-corrected chi connectivity index (χ4v) is 4.60. The molecule has 0 spiro atoms. The average molecular weight is 547 g/mol. The summed E-state index contributed by atoms with van der Waals surface area (Å²) in [6.07, 6.45) is -0.572. The summed E-state index contributed by atoms with van der Waals surface area (Å²) in [4.78, 5) is 6.56. The Balaban J connectivity index is 1.80. The molecule has 0 aliphatic carbocycles. The molecule has 0 radical (unpaired) electrons. The molecule has 31 heavy (non-hydrogen) atoms. The molecule has 2 heterocycles. The highest BCUT2D eigenvalue weighted by atomic mass is 79.9. The first-order chi connectivity index (χ1) is 14.8. The van der Waals surface area contributed by atoms with Crippen LogP contribution in [0.3, 0.4) is 0 Å². The second-order valence-corrected chi connectivity index (χ2v) is 9.07. The van der Waals surface area contributed by atoms with Crippen molar-refractivity contribution in [2.75, 3.05) is 0 Å². The number of aromatic nitrogens is 1. The molecule has 4 aromatic rings. The van der Waals surface area contributed by atoms with E-state index in [0.717, 1.165) is 59.9 Å². The van der Waals surface area contributed by atoms with Gasteiger partial charge in [-0.2, -0.15) is 13.2 Å². The van der Waals surface area contributed by atoms with Crippen LogP contribution in [0.4, 0.5) is 18.9 Å². The van der Waals surface area contributed by atoms with E-state index in [0.29, 0.717) is 5.56 Å². The van der Waals surface area contributed by atoms with E-state index in [9.17, 15) is 13.2 Å². The smallest absolute Gasteiger partial charge is 0.361 e. The fraction of sp³-hybridized carbons (Fsp3) is 0.0417. The average Bonchev–Trinajstić information content (AvgIpc) is 3.33. The van der Waals surface area contributed by atoms with Gasteiger partial charge in [0.2, 0.25) is 5.69 Å². The summed E-state index contributed by atoms with van der Waals surface area (Å²) in [6.45, 7) is 0. The molecule has 0 saturated carbocycles. The third kappa shape index (κ3) is 3.66. The number of H-pyrrole nitrogens is 1. The first-order valence-electron chi connectivity index (χ1n) is 9.40. The molecule has 3 aromatic carbocycles. The topological polar surface area (TPSA) is 29.8 Å². The number of rotatable bonds is 2. The highest BCUT2D eigenvalue weighted by Gasteiger charge is 2.31. The molecule has 0 fully saturated rings. The van der Waals surface area contributed by atoms with Crippen molar-refractivity contribution < 1.29 is 18.2 Å². The van der Waals surface area contributed by atoms with Crippen LogP contribution < -0.4 is 4.99 Å². The minimum atomic E-state index is -4.38. The van der Waals surface area contributed by atoms with E-state index in [-0.39, 0.29) is 0 Å². The van der Waals surface area contributed by atoms with Gasteiger partial charge in [-0.25, -0.2) is 4.99 Å². The summed E-state index contributed by atoms with van der Waals surface area (Å²) in [5.41, 5.74) is 5.59. The van der Waals surface area contributed by atoms with Crippen LogP contribution in [0.25, 0.3) is 22.0 Å². The minimum absolute atomic E-state index is 0.668. The number of benzene rings is 3. The summed E-state index contributed by atoms with van der Waals surface area (Å²) in [6, 6.07) is 17.2. The van der Waals surface area contributed by atoms with Gasteiger partial charge in [0.1, 0.15) is 0 Å². The number of nitrogens with one attached hydrogen (secondary N) is 2. The summed E-state index contributed by atoms with van der Waals surface area (Å²) >= 11 is 7.05. The Morgan fingerprint density at radius 2 is 1.58 bits per heavy atom. The predicted molar refractivity (Wildman–Crippen MR) is 124 cm³/mol. The van der Waals surface area contributed by atoms with Crippen molar-refractivity contribution in [3.05, 3.63) is 98.1 Å². The van der Waals surface area contributed by atoms with Crippen molar-refractivity contribution >= 4 is 65.8 Å². The van der Waals surface area contributed by atoms with Gasteiger partial charge in [0, 0.05) is 43.2 Å². The van der Waals surface area contributed by atoms with Gasteiger partial charge in [0.15, 0.2) is 6.21 Å². The van der Waals surface area contributed by atoms with Gasteiger partial charge in [0.25, 0.3) is 0 Å². The van der Waals surface area contributed by atoms with Gasteiger partial charge in [0.05, 0.1) is 16.7 Å². The Bertz CT molecular complexity index is 1380. The maximum Gasteiger partial charge on any atom is 0.416 e. The normalized spacial score (nSPS) is 14.9. The molecule has 0 unspecified atom stereocenters. The van der Waals surface area contributed by atoms with Gasteiger partial charge in [-0.15, -0.1) is 0 Å². The fourth-order valence-electron chi connectivity index (χ4n) is 3.88. The molecule has 2 nitrogen and oxygen atoms in total. The summed E-state index contributed by atoms with van der Waals surface area (Å²) < 4.78 is 41.3. The molecule has 0 amide bonds. The summed E-state index contributed by atoms with van der Waals surface area (Å²) in [7, 11) is 0. The van der Waals surface area contributed by atoms with E-state index in [1.54, 1.807) is 0 Å². The van der Waals surface area contributed by atoms with E-state index in [1.807, 2.05) is 48.8 Å². The number of hydrogen-bond donors (Lipinski definition) is 2. The van der Waals surface area contributed by atoms with Crippen LogP contribution >= 0.6 is 31.9 Å². The third-order valence-corrected chi connectivity index (χ3v) is 6.31.